The highest BCUT2D eigenvalue weighted by atomic mass is 16.2. The van der Waals surface area contributed by atoms with Crippen molar-refractivity contribution in [1.29, 1.82) is 0 Å². The van der Waals surface area contributed by atoms with E-state index in [0.29, 0.717) is 23.4 Å². The lowest BCUT2D eigenvalue weighted by Crippen LogP contribution is -2.60. The lowest BCUT2D eigenvalue weighted by atomic mass is 9.48. The van der Waals surface area contributed by atoms with Gasteiger partial charge in [0.1, 0.15) is 5.82 Å². The van der Waals surface area contributed by atoms with Gasteiger partial charge in [0.25, 0.3) is 0 Å². The number of aryl methyl sites for hydroxylation is 1. The second-order valence-electron chi connectivity index (χ2n) is 10.8. The average Bonchev–Trinajstić information content (AvgIpc) is 3.07. The number of pyridine rings is 1. The molecule has 1 amide bonds. The molecule has 2 heterocycles. The zero-order chi connectivity index (χ0) is 21.1. The van der Waals surface area contributed by atoms with E-state index in [1.165, 1.54) is 37.7 Å². The van der Waals surface area contributed by atoms with Crippen molar-refractivity contribution in [3.63, 3.8) is 0 Å². The highest BCUT2D eigenvalue weighted by molar-refractivity contribution is 5.89. The number of aromatic nitrogens is 1. The van der Waals surface area contributed by atoms with Crippen molar-refractivity contribution < 1.29 is 4.79 Å². The van der Waals surface area contributed by atoms with Crippen LogP contribution in [0.15, 0.2) is 30.5 Å². The van der Waals surface area contributed by atoms with Crippen molar-refractivity contribution in [1.82, 2.24) is 9.88 Å². The quantitative estimate of drug-likeness (QED) is 0.761. The summed E-state index contributed by atoms with van der Waals surface area (Å²) in [5.41, 5.74) is 1.83. The minimum Gasteiger partial charge on any atom is -0.367 e. The third kappa shape index (κ3) is 2.85. The van der Waals surface area contributed by atoms with Crippen molar-refractivity contribution in [2.75, 3.05) is 12.4 Å². The van der Waals surface area contributed by atoms with Crippen LogP contribution in [0.25, 0.3) is 0 Å². The number of nitrogens with one attached hydrogen (secondary N) is 1. The Balaban J connectivity index is 1.39. The second kappa shape index (κ2) is 7.10. The van der Waals surface area contributed by atoms with E-state index in [4.69, 9.17) is 0 Å². The molecule has 1 aromatic heterocycles. The maximum Gasteiger partial charge on any atom is 0.246 e. The van der Waals surface area contributed by atoms with Gasteiger partial charge in [0, 0.05) is 30.7 Å². The summed E-state index contributed by atoms with van der Waals surface area (Å²) in [6, 6.07) is 5.24. The number of fused-ring (bicyclic) bond motifs is 5. The maximum atomic E-state index is 12.3. The number of anilines is 1. The summed E-state index contributed by atoms with van der Waals surface area (Å²) in [4.78, 5) is 18.9. The van der Waals surface area contributed by atoms with Crippen LogP contribution in [0.5, 0.6) is 0 Å². The summed E-state index contributed by atoms with van der Waals surface area (Å²) in [7, 11) is 2.01. The summed E-state index contributed by atoms with van der Waals surface area (Å²) in [6.45, 7) is 7.18. The maximum absolute atomic E-state index is 12.3. The fraction of sp³-hybridized carbons (Fsp3) is 0.692. The molecule has 4 aliphatic rings. The number of nitrogens with zero attached hydrogens (tertiary/aromatic N) is 2. The first kappa shape index (κ1) is 20.1. The molecule has 3 aliphatic carbocycles. The largest absolute Gasteiger partial charge is 0.367 e. The first-order valence-corrected chi connectivity index (χ1v) is 12.0. The van der Waals surface area contributed by atoms with Crippen molar-refractivity contribution >= 4 is 11.7 Å². The van der Waals surface area contributed by atoms with Crippen LogP contribution < -0.4 is 5.32 Å². The molecule has 3 fully saturated rings. The Morgan fingerprint density at radius 2 is 2.00 bits per heavy atom. The molecule has 0 aromatic carbocycles. The van der Waals surface area contributed by atoms with Gasteiger partial charge in [-0.05, 0) is 91.9 Å². The molecule has 0 radical (unpaired) electrons. The smallest absolute Gasteiger partial charge is 0.246 e. The Morgan fingerprint density at radius 3 is 2.80 bits per heavy atom. The van der Waals surface area contributed by atoms with Gasteiger partial charge in [-0.2, -0.15) is 0 Å². The van der Waals surface area contributed by atoms with E-state index >= 15 is 0 Å². The Labute approximate surface area is 181 Å². The Morgan fingerprint density at radius 1 is 1.17 bits per heavy atom. The van der Waals surface area contributed by atoms with E-state index in [0.717, 1.165) is 30.5 Å². The summed E-state index contributed by atoms with van der Waals surface area (Å²) >= 11 is 0. The molecule has 1 N–H and O–H groups in total. The molecule has 4 heteroatoms. The molecule has 0 unspecified atom stereocenters. The molecule has 0 bridgehead atoms. The predicted octanol–water partition coefficient (Wildman–Crippen LogP) is 5.06. The summed E-state index contributed by atoms with van der Waals surface area (Å²) in [6.07, 6.45) is 14.7. The van der Waals surface area contributed by atoms with Crippen molar-refractivity contribution in [2.24, 2.45) is 28.6 Å². The zero-order valence-electron chi connectivity index (χ0n) is 19.0. The number of hydrogen-bond donors (Lipinski definition) is 1. The van der Waals surface area contributed by atoms with Gasteiger partial charge >= 0.3 is 0 Å². The van der Waals surface area contributed by atoms with E-state index in [1.807, 2.05) is 24.2 Å². The first-order valence-electron chi connectivity index (χ1n) is 12.0. The summed E-state index contributed by atoms with van der Waals surface area (Å²) in [5.74, 6) is 3.48. The number of carbonyl (C=O) groups is 1. The molecule has 0 saturated heterocycles. The monoisotopic (exact) mass is 407 g/mol. The van der Waals surface area contributed by atoms with Gasteiger partial charge in [-0.25, -0.2) is 4.98 Å². The fourth-order valence-corrected chi connectivity index (χ4v) is 7.93. The van der Waals surface area contributed by atoms with Crippen LogP contribution in [0.2, 0.25) is 0 Å². The first-order chi connectivity index (χ1) is 14.4. The molecule has 4 nitrogen and oxygen atoms in total. The molecule has 1 aromatic rings. The lowest BCUT2D eigenvalue weighted by molar-refractivity contribution is -0.138. The molecule has 7 atom stereocenters. The van der Waals surface area contributed by atoms with E-state index in [1.54, 1.807) is 0 Å². The van der Waals surface area contributed by atoms with Gasteiger partial charge in [0.15, 0.2) is 0 Å². The number of likely N-dealkylation sites (N-methyl/N-ethyl adjacent to an activating group) is 1. The zero-order valence-corrected chi connectivity index (χ0v) is 19.0. The lowest BCUT2D eigenvalue weighted by Gasteiger charge is -2.60. The van der Waals surface area contributed by atoms with Gasteiger partial charge < -0.3 is 10.2 Å². The molecule has 5 rings (SSSR count). The van der Waals surface area contributed by atoms with E-state index in [2.05, 4.69) is 49.3 Å². The number of amides is 1. The fourth-order valence-electron chi connectivity index (χ4n) is 7.93. The summed E-state index contributed by atoms with van der Waals surface area (Å²) in [5, 5.41) is 3.85. The van der Waals surface area contributed by atoms with Crippen LogP contribution in [-0.4, -0.2) is 34.9 Å². The molecular weight excluding hydrogens is 370 g/mol. The Bertz CT molecular complexity index is 866. The topological polar surface area (TPSA) is 45.2 Å². The predicted molar refractivity (Wildman–Crippen MR) is 121 cm³/mol. The van der Waals surface area contributed by atoms with Crippen LogP contribution in [-0.2, 0) is 11.2 Å². The van der Waals surface area contributed by atoms with Gasteiger partial charge in [0.2, 0.25) is 5.91 Å². The molecule has 30 heavy (non-hydrogen) atoms. The Kier molecular flexibility index (Phi) is 4.75. The van der Waals surface area contributed by atoms with Crippen molar-refractivity contribution in [2.45, 2.75) is 77.8 Å². The standard InChI is InChI=1S/C26H37N3O/c1-5-17-12-15-27-23(16-17)28-21-8-7-19-18-6-9-22-26(3,14-11-24(30)29(22)4)20(18)10-13-25(19,21)2/h11-12,14-16,18-22H,5-10,13H2,1-4H3,(H,27,28)/t18-,19-,20-,21-,22+,25-,26+/m0/s1. The Hall–Kier alpha value is -1.84. The normalized spacial score (nSPS) is 42.5. The van der Waals surface area contributed by atoms with Gasteiger partial charge in [-0.1, -0.05) is 26.8 Å². The van der Waals surface area contributed by atoms with E-state index in [9.17, 15) is 4.79 Å². The van der Waals surface area contributed by atoms with Crippen LogP contribution in [0.3, 0.4) is 0 Å². The molecule has 3 saturated carbocycles. The molecule has 0 spiro atoms. The number of hydrogen-bond acceptors (Lipinski definition) is 3. The third-order valence-corrected chi connectivity index (χ3v) is 9.68. The second-order valence-corrected chi connectivity index (χ2v) is 10.8. The highest BCUT2D eigenvalue weighted by Crippen LogP contribution is 2.64. The molecular formula is C26H37N3O. The van der Waals surface area contributed by atoms with E-state index < -0.39 is 0 Å². The van der Waals surface area contributed by atoms with Crippen molar-refractivity contribution in [3.8, 4) is 0 Å². The van der Waals surface area contributed by atoms with Crippen LogP contribution in [0.1, 0.15) is 64.9 Å². The van der Waals surface area contributed by atoms with Crippen LogP contribution in [0.4, 0.5) is 5.82 Å². The summed E-state index contributed by atoms with van der Waals surface area (Å²) < 4.78 is 0. The minimum absolute atomic E-state index is 0.134. The average molecular weight is 408 g/mol. The molecule has 1 aliphatic heterocycles. The number of carbonyl (C=O) groups excluding carboxylic acids is 1. The highest BCUT2D eigenvalue weighted by Gasteiger charge is 2.60. The number of rotatable bonds is 3. The SMILES string of the molecule is CCc1ccnc(N[C@H]2CC[C@H]3[C@@H]4CC[C@H]5N(C)C(=O)C=C[C@]5(C)[C@H]4CC[C@]23C)c1. The van der Waals surface area contributed by atoms with Crippen LogP contribution >= 0.6 is 0 Å². The van der Waals surface area contributed by atoms with Gasteiger partial charge in [-0.3, -0.25) is 4.79 Å². The molecule has 162 valence electrons. The van der Waals surface area contributed by atoms with Crippen molar-refractivity contribution in [3.05, 3.63) is 36.0 Å². The minimum atomic E-state index is 0.134. The van der Waals surface area contributed by atoms with E-state index in [-0.39, 0.29) is 11.3 Å². The van der Waals surface area contributed by atoms with Gasteiger partial charge in [-0.15, -0.1) is 0 Å². The third-order valence-electron chi connectivity index (χ3n) is 9.68. The van der Waals surface area contributed by atoms with Crippen LogP contribution in [0, 0.1) is 28.6 Å². The van der Waals surface area contributed by atoms with Gasteiger partial charge in [0.05, 0.1) is 0 Å².